The zero-order valence-corrected chi connectivity index (χ0v) is 20.2. The molecule has 2 saturated heterocycles. The summed E-state index contributed by atoms with van der Waals surface area (Å²) in [6, 6.07) is 7.06. The fraction of sp³-hybridized carbons (Fsp3) is 0.565. The van der Waals surface area contributed by atoms with Gasteiger partial charge in [0.25, 0.3) is 0 Å². The van der Waals surface area contributed by atoms with Crippen LogP contribution in [0.3, 0.4) is 0 Å². The first-order chi connectivity index (χ1) is 15.8. The summed E-state index contributed by atoms with van der Waals surface area (Å²) in [6.45, 7) is 9.08. The molecule has 0 saturated carbocycles. The van der Waals surface area contributed by atoms with E-state index in [0.29, 0.717) is 24.3 Å². The molecule has 1 aromatic heterocycles. The SMILES string of the molecule is Cc1cc(CN2CCN(CC(=O)Nc3ccc(C)c(S(=O)(=O)N4CCCCC4)c3)CC2)no1. The largest absolute Gasteiger partial charge is 0.361 e. The van der Waals surface area contributed by atoms with Gasteiger partial charge in [-0.15, -0.1) is 0 Å². The molecule has 2 aromatic rings. The van der Waals surface area contributed by atoms with Gasteiger partial charge in [-0.05, 0) is 44.4 Å². The number of piperidine rings is 1. The van der Waals surface area contributed by atoms with E-state index >= 15 is 0 Å². The number of benzene rings is 1. The summed E-state index contributed by atoms with van der Waals surface area (Å²) >= 11 is 0. The summed E-state index contributed by atoms with van der Waals surface area (Å²) in [6.07, 6.45) is 2.84. The number of sulfonamides is 1. The van der Waals surface area contributed by atoms with Crippen molar-refractivity contribution >= 4 is 21.6 Å². The molecule has 9 nitrogen and oxygen atoms in total. The van der Waals surface area contributed by atoms with Gasteiger partial charge >= 0.3 is 0 Å². The Bertz CT molecular complexity index is 1070. The molecule has 2 aliphatic rings. The molecule has 1 aromatic carbocycles. The van der Waals surface area contributed by atoms with Crippen LogP contribution in [-0.4, -0.2) is 79.4 Å². The highest BCUT2D eigenvalue weighted by Crippen LogP contribution is 2.26. The molecular weight excluding hydrogens is 442 g/mol. The Morgan fingerprint density at radius 1 is 1.00 bits per heavy atom. The van der Waals surface area contributed by atoms with Crippen molar-refractivity contribution in [3.63, 3.8) is 0 Å². The molecule has 180 valence electrons. The van der Waals surface area contributed by atoms with E-state index in [1.807, 2.05) is 13.0 Å². The van der Waals surface area contributed by atoms with Crippen molar-refractivity contribution in [2.24, 2.45) is 0 Å². The Morgan fingerprint density at radius 2 is 1.70 bits per heavy atom. The molecule has 10 heteroatoms. The monoisotopic (exact) mass is 475 g/mol. The fourth-order valence-corrected chi connectivity index (χ4v) is 6.20. The average molecular weight is 476 g/mol. The first-order valence-corrected chi connectivity index (χ1v) is 13.0. The van der Waals surface area contributed by atoms with Gasteiger partial charge in [-0.25, -0.2) is 8.42 Å². The Morgan fingerprint density at radius 3 is 2.36 bits per heavy atom. The van der Waals surface area contributed by atoms with E-state index in [0.717, 1.165) is 63.4 Å². The van der Waals surface area contributed by atoms with Crippen LogP contribution in [0.5, 0.6) is 0 Å². The average Bonchev–Trinajstić information content (AvgIpc) is 3.21. The van der Waals surface area contributed by atoms with Crippen LogP contribution in [0.4, 0.5) is 5.69 Å². The lowest BCUT2D eigenvalue weighted by atomic mass is 10.2. The molecule has 2 aliphatic heterocycles. The number of rotatable bonds is 7. The van der Waals surface area contributed by atoms with E-state index in [9.17, 15) is 13.2 Å². The summed E-state index contributed by atoms with van der Waals surface area (Å²) < 4.78 is 32.9. The van der Waals surface area contributed by atoms with Crippen molar-refractivity contribution in [1.82, 2.24) is 19.3 Å². The predicted molar refractivity (Wildman–Crippen MR) is 125 cm³/mol. The van der Waals surface area contributed by atoms with Gasteiger partial charge in [0.05, 0.1) is 17.1 Å². The van der Waals surface area contributed by atoms with Crippen LogP contribution in [0.15, 0.2) is 33.7 Å². The number of amides is 1. The van der Waals surface area contributed by atoms with Gasteiger partial charge in [0, 0.05) is 57.6 Å². The van der Waals surface area contributed by atoms with Crippen LogP contribution in [0, 0.1) is 13.8 Å². The van der Waals surface area contributed by atoms with Crippen LogP contribution in [0.1, 0.15) is 36.3 Å². The second-order valence-corrected chi connectivity index (χ2v) is 10.9. The van der Waals surface area contributed by atoms with Crippen molar-refractivity contribution in [2.75, 3.05) is 51.1 Å². The first kappa shape index (κ1) is 23.9. The second kappa shape index (κ2) is 10.3. The first-order valence-electron chi connectivity index (χ1n) is 11.6. The quantitative estimate of drug-likeness (QED) is 0.656. The van der Waals surface area contributed by atoms with Crippen LogP contribution < -0.4 is 5.32 Å². The number of hydrogen-bond acceptors (Lipinski definition) is 7. The van der Waals surface area contributed by atoms with Crippen molar-refractivity contribution < 1.29 is 17.7 Å². The maximum atomic E-state index is 13.1. The van der Waals surface area contributed by atoms with Crippen LogP contribution in [-0.2, 0) is 21.4 Å². The van der Waals surface area contributed by atoms with Gasteiger partial charge < -0.3 is 9.84 Å². The highest BCUT2D eigenvalue weighted by atomic mass is 32.2. The minimum atomic E-state index is -3.55. The third kappa shape index (κ3) is 6.00. The molecule has 1 amide bonds. The summed E-state index contributed by atoms with van der Waals surface area (Å²) in [4.78, 5) is 17.3. The summed E-state index contributed by atoms with van der Waals surface area (Å²) in [5.74, 6) is 0.670. The van der Waals surface area contributed by atoms with Crippen molar-refractivity contribution in [2.45, 2.75) is 44.6 Å². The van der Waals surface area contributed by atoms with E-state index in [1.165, 1.54) is 0 Å². The molecule has 0 bridgehead atoms. The summed E-state index contributed by atoms with van der Waals surface area (Å²) in [7, 11) is -3.55. The second-order valence-electron chi connectivity index (χ2n) is 8.97. The number of hydrogen-bond donors (Lipinski definition) is 1. The number of aromatic nitrogens is 1. The lowest BCUT2D eigenvalue weighted by Crippen LogP contribution is -2.48. The van der Waals surface area contributed by atoms with E-state index in [-0.39, 0.29) is 17.3 Å². The third-order valence-corrected chi connectivity index (χ3v) is 8.34. The molecule has 0 aliphatic carbocycles. The van der Waals surface area contributed by atoms with Gasteiger partial charge in [-0.2, -0.15) is 4.31 Å². The Balaban J connectivity index is 1.31. The molecular formula is C23H33N5O4S. The fourth-order valence-electron chi connectivity index (χ4n) is 4.43. The molecule has 0 spiro atoms. The number of carbonyl (C=O) groups is 1. The zero-order valence-electron chi connectivity index (χ0n) is 19.4. The molecule has 0 unspecified atom stereocenters. The number of nitrogens with one attached hydrogen (secondary N) is 1. The van der Waals surface area contributed by atoms with E-state index in [1.54, 1.807) is 29.4 Å². The molecule has 0 radical (unpaired) electrons. The van der Waals surface area contributed by atoms with Crippen molar-refractivity contribution in [3.05, 3.63) is 41.3 Å². The maximum Gasteiger partial charge on any atom is 0.243 e. The number of anilines is 1. The summed E-state index contributed by atoms with van der Waals surface area (Å²) in [5.41, 5.74) is 2.13. The van der Waals surface area contributed by atoms with Gasteiger partial charge in [-0.1, -0.05) is 17.6 Å². The van der Waals surface area contributed by atoms with Crippen molar-refractivity contribution in [1.29, 1.82) is 0 Å². The minimum Gasteiger partial charge on any atom is -0.361 e. The molecule has 1 N–H and O–H groups in total. The number of nitrogens with zero attached hydrogens (tertiary/aromatic N) is 4. The topological polar surface area (TPSA) is 99.0 Å². The lowest BCUT2D eigenvalue weighted by molar-refractivity contribution is -0.117. The van der Waals surface area contributed by atoms with Gasteiger partial charge in [0.1, 0.15) is 5.76 Å². The minimum absolute atomic E-state index is 0.138. The standard InChI is InChI=1S/C23H33N5O4S/c1-18-6-7-20(15-22(18)33(30,31)28-8-4-3-5-9-28)24-23(29)17-27-12-10-26(11-13-27)16-21-14-19(2)32-25-21/h6-7,14-15H,3-5,8-13,16-17H2,1-2H3,(H,24,29). The van der Waals surface area contributed by atoms with Crippen LogP contribution >= 0.6 is 0 Å². The molecule has 2 fully saturated rings. The lowest BCUT2D eigenvalue weighted by Gasteiger charge is -2.33. The van der Waals surface area contributed by atoms with Gasteiger partial charge in [0.15, 0.2) is 0 Å². The van der Waals surface area contributed by atoms with E-state index in [4.69, 9.17) is 4.52 Å². The number of piperazine rings is 1. The van der Waals surface area contributed by atoms with Gasteiger partial charge in [-0.3, -0.25) is 14.6 Å². The highest BCUT2D eigenvalue weighted by molar-refractivity contribution is 7.89. The molecule has 33 heavy (non-hydrogen) atoms. The Labute approximate surface area is 195 Å². The molecule has 4 rings (SSSR count). The van der Waals surface area contributed by atoms with Crippen LogP contribution in [0.2, 0.25) is 0 Å². The van der Waals surface area contributed by atoms with Crippen LogP contribution in [0.25, 0.3) is 0 Å². The normalized spacial score (nSPS) is 19.0. The molecule has 3 heterocycles. The Kier molecular flexibility index (Phi) is 7.48. The van der Waals surface area contributed by atoms with E-state index in [2.05, 4.69) is 20.3 Å². The Hall–Kier alpha value is -2.27. The smallest absolute Gasteiger partial charge is 0.243 e. The van der Waals surface area contributed by atoms with Gasteiger partial charge in [0.2, 0.25) is 15.9 Å². The maximum absolute atomic E-state index is 13.1. The molecule has 0 atom stereocenters. The number of aryl methyl sites for hydroxylation is 2. The highest BCUT2D eigenvalue weighted by Gasteiger charge is 2.28. The third-order valence-electron chi connectivity index (χ3n) is 6.30. The van der Waals surface area contributed by atoms with E-state index < -0.39 is 10.0 Å². The number of carbonyl (C=O) groups excluding carboxylic acids is 1. The summed E-state index contributed by atoms with van der Waals surface area (Å²) in [5, 5.41) is 6.93. The predicted octanol–water partition coefficient (Wildman–Crippen LogP) is 2.22. The van der Waals surface area contributed by atoms with Crippen molar-refractivity contribution in [3.8, 4) is 0 Å². The zero-order chi connectivity index (χ0) is 23.4.